The molecule has 0 saturated heterocycles. The van der Waals surface area contributed by atoms with Gasteiger partial charge in [0.25, 0.3) is 0 Å². The quantitative estimate of drug-likeness (QED) is 0.718. The minimum Gasteiger partial charge on any atom is -0.469 e. The Balaban J connectivity index is 1.73. The molecular formula is C21H23N3O2. The average Bonchev–Trinajstić information content (AvgIpc) is 3.14. The molecule has 2 aromatic heterocycles. The first-order chi connectivity index (χ1) is 12.5. The highest BCUT2D eigenvalue weighted by Crippen LogP contribution is 2.25. The van der Waals surface area contributed by atoms with E-state index in [1.54, 1.807) is 6.26 Å². The molecule has 1 unspecified atom stereocenters. The Morgan fingerprint density at radius 3 is 2.35 bits per heavy atom. The predicted molar refractivity (Wildman–Crippen MR) is 101 cm³/mol. The highest BCUT2D eigenvalue weighted by Gasteiger charge is 2.20. The molecule has 0 fully saturated rings. The zero-order valence-electron chi connectivity index (χ0n) is 15.3. The van der Waals surface area contributed by atoms with Crippen LogP contribution in [0.4, 0.5) is 5.95 Å². The van der Waals surface area contributed by atoms with Gasteiger partial charge in [0.05, 0.1) is 6.26 Å². The molecule has 0 aliphatic carbocycles. The van der Waals surface area contributed by atoms with Gasteiger partial charge in [-0.1, -0.05) is 30.3 Å². The fourth-order valence-corrected chi connectivity index (χ4v) is 2.92. The first-order valence-corrected chi connectivity index (χ1v) is 8.72. The summed E-state index contributed by atoms with van der Waals surface area (Å²) in [6, 6.07) is 13.9. The van der Waals surface area contributed by atoms with E-state index in [9.17, 15) is 4.79 Å². The summed E-state index contributed by atoms with van der Waals surface area (Å²) in [4.78, 5) is 21.3. The van der Waals surface area contributed by atoms with Gasteiger partial charge < -0.3 is 4.42 Å². The molecule has 1 amide bonds. The molecule has 3 rings (SSSR count). The van der Waals surface area contributed by atoms with Crippen LogP contribution in [-0.4, -0.2) is 15.9 Å². The number of benzene rings is 1. The number of anilines is 1. The zero-order valence-corrected chi connectivity index (χ0v) is 15.3. The number of nitrogens with zero attached hydrogens (tertiary/aromatic N) is 2. The standard InChI is InChI=1S/C21H23N3O2/c1-14-15(2)22-21(23-16(14)3)24-20(25)13-18(19-10-7-11-26-19)12-17-8-5-4-6-9-17/h4-11,18H,12-13H2,1-3H3,(H,22,23,24,25). The molecule has 5 nitrogen and oxygen atoms in total. The summed E-state index contributed by atoms with van der Waals surface area (Å²) in [6.45, 7) is 5.81. The first-order valence-electron chi connectivity index (χ1n) is 8.72. The van der Waals surface area contributed by atoms with Gasteiger partial charge >= 0.3 is 0 Å². The third-order valence-electron chi connectivity index (χ3n) is 4.59. The molecule has 0 aliphatic heterocycles. The van der Waals surface area contributed by atoms with Crippen molar-refractivity contribution in [1.82, 2.24) is 9.97 Å². The first kappa shape index (κ1) is 17.9. The Labute approximate surface area is 153 Å². The van der Waals surface area contributed by atoms with Crippen LogP contribution in [0.1, 0.15) is 40.6 Å². The summed E-state index contributed by atoms with van der Waals surface area (Å²) < 4.78 is 5.56. The van der Waals surface area contributed by atoms with E-state index in [4.69, 9.17) is 4.42 Å². The largest absolute Gasteiger partial charge is 0.469 e. The second kappa shape index (κ2) is 7.95. The molecule has 0 radical (unpaired) electrons. The third kappa shape index (κ3) is 4.36. The minimum absolute atomic E-state index is 0.0416. The van der Waals surface area contributed by atoms with Crippen molar-refractivity contribution in [3.8, 4) is 0 Å². The smallest absolute Gasteiger partial charge is 0.229 e. The number of amides is 1. The Bertz CT molecular complexity index is 851. The van der Waals surface area contributed by atoms with E-state index in [2.05, 4.69) is 27.4 Å². The van der Waals surface area contributed by atoms with E-state index in [1.165, 1.54) is 5.56 Å². The van der Waals surface area contributed by atoms with Gasteiger partial charge in [-0.3, -0.25) is 10.1 Å². The highest BCUT2D eigenvalue weighted by atomic mass is 16.3. The highest BCUT2D eigenvalue weighted by molar-refractivity contribution is 5.89. The van der Waals surface area contributed by atoms with E-state index < -0.39 is 0 Å². The van der Waals surface area contributed by atoms with Crippen molar-refractivity contribution in [2.45, 2.75) is 39.5 Å². The summed E-state index contributed by atoms with van der Waals surface area (Å²) in [7, 11) is 0. The maximum atomic E-state index is 12.6. The molecule has 1 aromatic carbocycles. The lowest BCUT2D eigenvalue weighted by Crippen LogP contribution is -2.19. The SMILES string of the molecule is Cc1nc(NC(=O)CC(Cc2ccccc2)c2ccco2)nc(C)c1C. The Morgan fingerprint density at radius 2 is 1.73 bits per heavy atom. The number of rotatable bonds is 6. The number of hydrogen-bond acceptors (Lipinski definition) is 4. The second-order valence-electron chi connectivity index (χ2n) is 6.50. The summed E-state index contributed by atoms with van der Waals surface area (Å²) >= 11 is 0. The molecular weight excluding hydrogens is 326 g/mol. The summed E-state index contributed by atoms with van der Waals surface area (Å²) in [5.41, 5.74) is 3.96. The molecule has 1 atom stereocenters. The van der Waals surface area contributed by atoms with Crippen molar-refractivity contribution < 1.29 is 9.21 Å². The summed E-state index contributed by atoms with van der Waals surface area (Å²) in [5, 5.41) is 2.83. The summed E-state index contributed by atoms with van der Waals surface area (Å²) in [6.07, 6.45) is 2.67. The van der Waals surface area contributed by atoms with E-state index in [1.807, 2.05) is 51.1 Å². The van der Waals surface area contributed by atoms with Gasteiger partial charge in [0.2, 0.25) is 11.9 Å². The van der Waals surface area contributed by atoms with Crippen LogP contribution >= 0.6 is 0 Å². The van der Waals surface area contributed by atoms with Gasteiger partial charge in [-0.15, -0.1) is 0 Å². The Morgan fingerprint density at radius 1 is 1.04 bits per heavy atom. The van der Waals surface area contributed by atoms with Gasteiger partial charge in [-0.05, 0) is 50.5 Å². The molecule has 0 spiro atoms. The van der Waals surface area contributed by atoms with Crippen LogP contribution in [0.2, 0.25) is 0 Å². The van der Waals surface area contributed by atoms with Crippen LogP contribution in [0, 0.1) is 20.8 Å². The van der Waals surface area contributed by atoms with Crippen molar-refractivity contribution >= 4 is 11.9 Å². The van der Waals surface area contributed by atoms with Gasteiger partial charge in [0.1, 0.15) is 5.76 Å². The number of nitrogens with one attached hydrogen (secondary N) is 1. The minimum atomic E-state index is -0.120. The van der Waals surface area contributed by atoms with Crippen LogP contribution in [0.3, 0.4) is 0 Å². The second-order valence-corrected chi connectivity index (χ2v) is 6.50. The molecule has 26 heavy (non-hydrogen) atoms. The number of aromatic nitrogens is 2. The number of carbonyl (C=O) groups excluding carboxylic acids is 1. The lowest BCUT2D eigenvalue weighted by molar-refractivity contribution is -0.116. The Kier molecular flexibility index (Phi) is 5.46. The monoisotopic (exact) mass is 349 g/mol. The molecule has 0 bridgehead atoms. The van der Waals surface area contributed by atoms with E-state index in [0.717, 1.165) is 29.1 Å². The fraction of sp³-hybridized carbons (Fsp3) is 0.286. The fourth-order valence-electron chi connectivity index (χ4n) is 2.92. The van der Waals surface area contributed by atoms with E-state index >= 15 is 0 Å². The van der Waals surface area contributed by atoms with Crippen molar-refractivity contribution in [1.29, 1.82) is 0 Å². The van der Waals surface area contributed by atoms with Crippen LogP contribution in [0.25, 0.3) is 0 Å². The normalized spacial score (nSPS) is 12.0. The van der Waals surface area contributed by atoms with Crippen LogP contribution in [-0.2, 0) is 11.2 Å². The number of furan rings is 1. The van der Waals surface area contributed by atoms with Gasteiger partial charge in [0.15, 0.2) is 0 Å². The maximum absolute atomic E-state index is 12.6. The van der Waals surface area contributed by atoms with Crippen LogP contribution in [0.15, 0.2) is 53.1 Å². The van der Waals surface area contributed by atoms with Crippen molar-refractivity contribution in [2.24, 2.45) is 0 Å². The van der Waals surface area contributed by atoms with Gasteiger partial charge in [-0.25, -0.2) is 9.97 Å². The third-order valence-corrected chi connectivity index (χ3v) is 4.59. The predicted octanol–water partition coefficient (Wildman–Crippen LogP) is 4.35. The van der Waals surface area contributed by atoms with Gasteiger partial charge in [-0.2, -0.15) is 0 Å². The number of carbonyl (C=O) groups is 1. The number of hydrogen-bond donors (Lipinski definition) is 1. The number of aryl methyl sites for hydroxylation is 2. The van der Waals surface area contributed by atoms with Crippen molar-refractivity contribution in [3.05, 3.63) is 77.0 Å². The van der Waals surface area contributed by atoms with Crippen LogP contribution < -0.4 is 5.32 Å². The molecule has 0 aliphatic rings. The maximum Gasteiger partial charge on any atom is 0.229 e. The van der Waals surface area contributed by atoms with Crippen molar-refractivity contribution in [2.75, 3.05) is 5.32 Å². The lowest BCUT2D eigenvalue weighted by atomic mass is 9.93. The lowest BCUT2D eigenvalue weighted by Gasteiger charge is -2.15. The van der Waals surface area contributed by atoms with Crippen LogP contribution in [0.5, 0.6) is 0 Å². The molecule has 1 N–H and O–H groups in total. The molecule has 5 heteroatoms. The van der Waals surface area contributed by atoms with E-state index in [0.29, 0.717) is 12.4 Å². The molecule has 3 aromatic rings. The van der Waals surface area contributed by atoms with Gasteiger partial charge in [0, 0.05) is 23.7 Å². The average molecular weight is 349 g/mol. The van der Waals surface area contributed by atoms with Crippen molar-refractivity contribution in [3.63, 3.8) is 0 Å². The molecule has 2 heterocycles. The zero-order chi connectivity index (χ0) is 18.5. The summed E-state index contributed by atoms with van der Waals surface area (Å²) in [5.74, 6) is 1.000. The molecule has 0 saturated carbocycles. The molecule has 134 valence electrons. The Hall–Kier alpha value is -2.95. The topological polar surface area (TPSA) is 68.0 Å². The van der Waals surface area contributed by atoms with E-state index in [-0.39, 0.29) is 11.8 Å².